The molecule has 9 nitrogen and oxygen atoms in total. The molecule has 14 heteroatoms. The van der Waals surface area contributed by atoms with Gasteiger partial charge in [0.1, 0.15) is 11.5 Å². The first-order chi connectivity index (χ1) is 20.0. The van der Waals surface area contributed by atoms with Crippen molar-refractivity contribution >= 4 is 74.5 Å². The summed E-state index contributed by atoms with van der Waals surface area (Å²) < 4.78 is 34.0. The van der Waals surface area contributed by atoms with Crippen LogP contribution in [0.2, 0.25) is 20.1 Å². The summed E-state index contributed by atoms with van der Waals surface area (Å²) in [5, 5.41) is 7.80. The second-order valence-electron chi connectivity index (χ2n) is 8.79. The maximum atomic E-state index is 13.5. The van der Waals surface area contributed by atoms with Crippen LogP contribution in [0, 0.1) is 0 Å². The van der Waals surface area contributed by atoms with Crippen LogP contribution in [-0.2, 0) is 39.2 Å². The van der Waals surface area contributed by atoms with Gasteiger partial charge in [0.25, 0.3) is 0 Å². The van der Waals surface area contributed by atoms with Crippen LogP contribution < -0.4 is 10.7 Å². The van der Waals surface area contributed by atoms with E-state index in [0.717, 1.165) is 5.56 Å². The highest BCUT2D eigenvalue weighted by Gasteiger charge is 2.26. The highest BCUT2D eigenvalue weighted by molar-refractivity contribution is 7.89. The van der Waals surface area contributed by atoms with Crippen LogP contribution >= 0.6 is 46.4 Å². The zero-order chi connectivity index (χ0) is 30.3. The highest BCUT2D eigenvalue weighted by Crippen LogP contribution is 2.27. The van der Waals surface area contributed by atoms with E-state index in [9.17, 15) is 18.0 Å². The Labute approximate surface area is 262 Å². The Balaban J connectivity index is 1.42. The van der Waals surface area contributed by atoms with Gasteiger partial charge in [0.2, 0.25) is 10.0 Å². The van der Waals surface area contributed by atoms with Crippen LogP contribution in [0.4, 0.5) is 0 Å². The quantitative estimate of drug-likeness (QED) is 0.121. The molecule has 1 heterocycles. The number of hydrogen-bond acceptors (Lipinski definition) is 6. The van der Waals surface area contributed by atoms with Crippen molar-refractivity contribution in [1.82, 2.24) is 15.0 Å². The third-order valence-electron chi connectivity index (χ3n) is 5.74. The lowest BCUT2D eigenvalue weighted by atomic mass is 10.2. The van der Waals surface area contributed by atoms with Gasteiger partial charge in [0, 0.05) is 23.1 Å². The minimum atomic E-state index is -4.00. The number of carbonyl (C=O) groups excluding carboxylic acids is 2. The smallest absolute Gasteiger partial charge is 0.329 e. The number of benzene rings is 3. The van der Waals surface area contributed by atoms with E-state index in [2.05, 4.69) is 15.8 Å². The van der Waals surface area contributed by atoms with Crippen molar-refractivity contribution in [3.05, 3.63) is 122 Å². The molecule has 0 spiro atoms. The zero-order valence-corrected chi connectivity index (χ0v) is 25.4. The van der Waals surface area contributed by atoms with Gasteiger partial charge in [-0.15, -0.1) is 0 Å². The summed E-state index contributed by atoms with van der Waals surface area (Å²) in [6.07, 6.45) is 1.19. The average molecular weight is 668 g/mol. The molecule has 0 unspecified atom stereocenters. The maximum Gasteiger partial charge on any atom is 0.329 e. The van der Waals surface area contributed by atoms with Crippen LogP contribution in [0.5, 0.6) is 0 Å². The minimum Gasteiger partial charge on any atom is -0.459 e. The second-order valence-corrected chi connectivity index (χ2v) is 12.4. The fourth-order valence-electron chi connectivity index (χ4n) is 3.62. The SMILES string of the molecule is O=C(NCc1ccc(Cl)cc1)C(=O)N/N=C/c1ccc(CN(Cc2ccc(Cl)c(Cl)c2)S(=O)(=O)c2ccc(Cl)cc2)o1. The van der Waals surface area contributed by atoms with E-state index in [1.807, 2.05) is 0 Å². The van der Waals surface area contributed by atoms with E-state index in [-0.39, 0.29) is 35.3 Å². The van der Waals surface area contributed by atoms with Crippen molar-refractivity contribution in [3.8, 4) is 0 Å². The van der Waals surface area contributed by atoms with Crippen molar-refractivity contribution in [2.45, 2.75) is 24.5 Å². The van der Waals surface area contributed by atoms with Crippen LogP contribution in [0.15, 0.2) is 93.3 Å². The lowest BCUT2D eigenvalue weighted by molar-refractivity contribution is -0.139. The number of nitrogens with one attached hydrogen (secondary N) is 2. The molecule has 0 aliphatic carbocycles. The van der Waals surface area contributed by atoms with Gasteiger partial charge in [0.15, 0.2) is 0 Å². The topological polar surface area (TPSA) is 121 Å². The molecule has 0 aliphatic heterocycles. The summed E-state index contributed by atoms with van der Waals surface area (Å²) in [5.41, 5.74) is 3.48. The molecular formula is C28H22Cl4N4O5S. The van der Waals surface area contributed by atoms with Crippen molar-refractivity contribution in [2.75, 3.05) is 0 Å². The molecule has 2 amide bonds. The Morgan fingerprint density at radius 3 is 2.10 bits per heavy atom. The summed E-state index contributed by atoms with van der Waals surface area (Å²) >= 11 is 23.9. The number of nitrogens with zero attached hydrogens (tertiary/aromatic N) is 2. The molecule has 0 fully saturated rings. The summed E-state index contributed by atoms with van der Waals surface area (Å²) in [4.78, 5) is 24.1. The Kier molecular flexibility index (Phi) is 10.7. The molecule has 218 valence electrons. The monoisotopic (exact) mass is 666 g/mol. The summed E-state index contributed by atoms with van der Waals surface area (Å²) in [6.45, 7) is -0.0436. The number of furan rings is 1. The van der Waals surface area contributed by atoms with Gasteiger partial charge in [-0.2, -0.15) is 9.41 Å². The van der Waals surface area contributed by atoms with E-state index in [0.29, 0.717) is 26.4 Å². The van der Waals surface area contributed by atoms with Crippen molar-refractivity contribution in [1.29, 1.82) is 0 Å². The van der Waals surface area contributed by atoms with Gasteiger partial charge >= 0.3 is 11.8 Å². The lowest BCUT2D eigenvalue weighted by Gasteiger charge is -2.22. The molecule has 1 aromatic heterocycles. The molecule has 4 aromatic rings. The van der Waals surface area contributed by atoms with Crippen molar-refractivity contribution in [3.63, 3.8) is 0 Å². The van der Waals surface area contributed by atoms with E-state index in [4.69, 9.17) is 50.8 Å². The molecule has 0 aliphatic rings. The molecule has 42 heavy (non-hydrogen) atoms. The number of halogens is 4. The van der Waals surface area contributed by atoms with E-state index in [1.54, 1.807) is 48.5 Å². The van der Waals surface area contributed by atoms with Crippen LogP contribution in [-0.4, -0.2) is 30.8 Å². The van der Waals surface area contributed by atoms with E-state index < -0.39 is 21.8 Å². The number of sulfonamides is 1. The fraction of sp³-hybridized carbons (Fsp3) is 0.107. The summed E-state index contributed by atoms with van der Waals surface area (Å²) in [7, 11) is -4.00. The number of hydrogen-bond donors (Lipinski definition) is 2. The Hall–Kier alpha value is -3.38. The van der Waals surface area contributed by atoms with Crippen molar-refractivity contribution < 1.29 is 22.4 Å². The first kappa shape index (κ1) is 31.6. The number of amides is 2. The Bertz CT molecular complexity index is 1710. The first-order valence-electron chi connectivity index (χ1n) is 12.2. The maximum absolute atomic E-state index is 13.5. The lowest BCUT2D eigenvalue weighted by Crippen LogP contribution is -2.37. The third kappa shape index (κ3) is 8.57. The van der Waals surface area contributed by atoms with Crippen LogP contribution in [0.1, 0.15) is 22.6 Å². The number of carbonyl (C=O) groups is 2. The van der Waals surface area contributed by atoms with Gasteiger partial charge in [-0.05, 0) is 71.8 Å². The largest absolute Gasteiger partial charge is 0.459 e. The Morgan fingerprint density at radius 1 is 0.786 bits per heavy atom. The van der Waals surface area contributed by atoms with Crippen LogP contribution in [0.3, 0.4) is 0 Å². The molecule has 0 saturated heterocycles. The standard InChI is InChI=1S/C28H22Cl4N4O5S/c29-20-4-1-18(2-5-20)14-33-27(37)28(38)35-34-15-22-8-9-23(41-22)17-36(16-19-3-12-25(31)26(32)13-19)42(39,40)24-10-6-21(30)7-11-24/h1-13,15H,14,16-17H2,(H,33,37)(H,35,38)/b34-15+. The molecular weight excluding hydrogens is 646 g/mol. The highest BCUT2D eigenvalue weighted by atomic mass is 35.5. The summed E-state index contributed by atoms with van der Waals surface area (Å²) in [5.74, 6) is -1.35. The predicted molar refractivity (Wildman–Crippen MR) is 162 cm³/mol. The third-order valence-corrected chi connectivity index (χ3v) is 8.79. The van der Waals surface area contributed by atoms with Gasteiger partial charge in [-0.25, -0.2) is 13.8 Å². The van der Waals surface area contributed by atoms with Gasteiger partial charge in [-0.3, -0.25) is 9.59 Å². The first-order valence-corrected chi connectivity index (χ1v) is 15.1. The van der Waals surface area contributed by atoms with Crippen LogP contribution in [0.25, 0.3) is 0 Å². The van der Waals surface area contributed by atoms with E-state index in [1.165, 1.54) is 40.9 Å². The minimum absolute atomic E-state index is 0.0346. The molecule has 0 saturated carbocycles. The zero-order valence-electron chi connectivity index (χ0n) is 21.6. The molecule has 0 bridgehead atoms. The molecule has 0 radical (unpaired) electrons. The van der Waals surface area contributed by atoms with Gasteiger partial charge < -0.3 is 9.73 Å². The van der Waals surface area contributed by atoms with E-state index >= 15 is 0 Å². The molecule has 0 atom stereocenters. The Morgan fingerprint density at radius 2 is 1.43 bits per heavy atom. The van der Waals surface area contributed by atoms with Gasteiger partial charge in [0.05, 0.1) is 27.7 Å². The second kappa shape index (κ2) is 14.2. The van der Waals surface area contributed by atoms with Crippen molar-refractivity contribution in [2.24, 2.45) is 5.10 Å². The predicted octanol–water partition coefficient (Wildman–Crippen LogP) is 6.05. The molecule has 4 rings (SSSR count). The summed E-state index contributed by atoms with van der Waals surface area (Å²) in [6, 6.07) is 20.5. The fourth-order valence-corrected chi connectivity index (χ4v) is 5.58. The average Bonchev–Trinajstić information content (AvgIpc) is 3.41. The number of rotatable bonds is 10. The molecule has 2 N–H and O–H groups in total. The normalized spacial score (nSPS) is 11.6. The number of hydrazone groups is 1. The molecule has 3 aromatic carbocycles. The van der Waals surface area contributed by atoms with Gasteiger partial charge in [-0.1, -0.05) is 64.6 Å².